The molecule has 12 rings (SSSR count). The van der Waals surface area contributed by atoms with Crippen molar-refractivity contribution in [1.29, 1.82) is 0 Å². The highest BCUT2D eigenvalue weighted by Gasteiger charge is 2.47. The fourth-order valence-corrected chi connectivity index (χ4v) is 9.94. The van der Waals surface area contributed by atoms with E-state index in [1.54, 1.807) is 0 Å². The molecular weight excluding hydrogens is 763 g/mol. The van der Waals surface area contributed by atoms with Gasteiger partial charge in [0.05, 0.1) is 28.0 Å². The van der Waals surface area contributed by atoms with Gasteiger partial charge < -0.3 is 0 Å². The molecule has 0 unspecified atom stereocenters. The Bertz CT molecular complexity index is 3430. The van der Waals surface area contributed by atoms with Gasteiger partial charge in [0, 0.05) is 33.0 Å². The molecule has 2 aromatic heterocycles. The van der Waals surface area contributed by atoms with Crippen LogP contribution in [0.1, 0.15) is 22.3 Å². The highest BCUT2D eigenvalue weighted by atomic mass is 14.9. The summed E-state index contributed by atoms with van der Waals surface area (Å²) in [5, 5.41) is 3.45. The lowest BCUT2D eigenvalue weighted by Gasteiger charge is -2.34. The minimum absolute atomic E-state index is 0.533. The van der Waals surface area contributed by atoms with Crippen LogP contribution in [0.4, 0.5) is 0 Å². The van der Waals surface area contributed by atoms with Gasteiger partial charge in [-0.3, -0.25) is 0 Å². The molecule has 3 nitrogen and oxygen atoms in total. The summed E-state index contributed by atoms with van der Waals surface area (Å²) in [6.45, 7) is 0. The first-order chi connectivity index (χ1) is 31.2. The molecule has 1 aliphatic carbocycles. The summed E-state index contributed by atoms with van der Waals surface area (Å²) in [6.07, 6.45) is 0. The first-order valence-electron chi connectivity index (χ1n) is 21.5. The topological polar surface area (TPSA) is 38.7 Å². The van der Waals surface area contributed by atoms with Gasteiger partial charge in [0.2, 0.25) is 0 Å². The van der Waals surface area contributed by atoms with Gasteiger partial charge in [-0.15, -0.1) is 0 Å². The van der Waals surface area contributed by atoms with Gasteiger partial charge in [-0.05, 0) is 68.1 Å². The van der Waals surface area contributed by atoms with E-state index < -0.39 is 5.41 Å². The summed E-state index contributed by atoms with van der Waals surface area (Å²) < 4.78 is 0. The number of fused-ring (bicyclic) bond motifs is 7. The molecule has 0 saturated carbocycles. The van der Waals surface area contributed by atoms with Gasteiger partial charge in [-0.1, -0.05) is 218 Å². The molecule has 2 heterocycles. The number of hydrogen-bond donors (Lipinski definition) is 0. The zero-order valence-electron chi connectivity index (χ0n) is 34.4. The molecule has 0 aliphatic heterocycles. The maximum Gasteiger partial charge on any atom is 0.160 e. The van der Waals surface area contributed by atoms with Crippen molar-refractivity contribution in [3.63, 3.8) is 0 Å². The van der Waals surface area contributed by atoms with Crippen LogP contribution >= 0.6 is 0 Å². The van der Waals surface area contributed by atoms with Crippen LogP contribution < -0.4 is 0 Å². The van der Waals surface area contributed by atoms with Crippen LogP contribution in [-0.2, 0) is 5.41 Å². The van der Waals surface area contributed by atoms with E-state index in [4.69, 9.17) is 15.0 Å². The lowest BCUT2D eigenvalue weighted by molar-refractivity contribution is 0.769. The third-order valence-electron chi connectivity index (χ3n) is 12.8. The summed E-state index contributed by atoms with van der Waals surface area (Å²) in [4.78, 5) is 16.1. The van der Waals surface area contributed by atoms with Crippen molar-refractivity contribution in [2.75, 3.05) is 0 Å². The summed E-state index contributed by atoms with van der Waals surface area (Å²) in [5.74, 6) is 0.660. The number of rotatable bonds is 7. The molecule has 11 aromatic rings. The summed E-state index contributed by atoms with van der Waals surface area (Å²) in [7, 11) is 0. The van der Waals surface area contributed by atoms with Crippen molar-refractivity contribution >= 4 is 21.7 Å². The van der Waals surface area contributed by atoms with Crippen LogP contribution in [0.5, 0.6) is 0 Å². The van der Waals surface area contributed by atoms with Gasteiger partial charge in [-0.2, -0.15) is 0 Å². The SMILES string of the molecule is c1ccc(-c2ccc(-c3cc(-c4ccccc4)nc(-c4cccc(-c5nc6ccccc6c6ccc7c(c56)-c5ccccc5C7(c5ccccc5)c5ccccc5)c4)n3)cc2)cc1. The fourth-order valence-electron chi connectivity index (χ4n) is 9.94. The summed E-state index contributed by atoms with van der Waals surface area (Å²) in [5.41, 5.74) is 16.9. The van der Waals surface area contributed by atoms with Gasteiger partial charge in [-0.25, -0.2) is 15.0 Å². The van der Waals surface area contributed by atoms with Crippen molar-refractivity contribution in [2.24, 2.45) is 0 Å². The van der Waals surface area contributed by atoms with Crippen molar-refractivity contribution in [3.8, 4) is 67.4 Å². The van der Waals surface area contributed by atoms with Crippen molar-refractivity contribution < 1.29 is 0 Å². The zero-order valence-corrected chi connectivity index (χ0v) is 34.4. The number of benzene rings is 9. The smallest absolute Gasteiger partial charge is 0.160 e. The van der Waals surface area contributed by atoms with Crippen LogP contribution in [0.15, 0.2) is 237 Å². The third-order valence-corrected chi connectivity index (χ3v) is 12.8. The van der Waals surface area contributed by atoms with E-state index in [0.717, 1.165) is 55.6 Å². The minimum Gasteiger partial charge on any atom is -0.247 e. The van der Waals surface area contributed by atoms with E-state index in [9.17, 15) is 0 Å². The zero-order chi connectivity index (χ0) is 41.7. The van der Waals surface area contributed by atoms with Gasteiger partial charge in [0.15, 0.2) is 5.82 Å². The van der Waals surface area contributed by atoms with Crippen LogP contribution in [0.2, 0.25) is 0 Å². The molecule has 1 aliphatic rings. The predicted molar refractivity (Wildman–Crippen MR) is 259 cm³/mol. The van der Waals surface area contributed by atoms with Crippen LogP contribution in [0.25, 0.3) is 89.1 Å². The Labute approximate surface area is 366 Å². The molecule has 0 bridgehead atoms. The second-order valence-electron chi connectivity index (χ2n) is 16.3. The average Bonchev–Trinajstić information content (AvgIpc) is 3.68. The van der Waals surface area contributed by atoms with E-state index in [1.807, 2.05) is 12.1 Å². The van der Waals surface area contributed by atoms with Crippen LogP contribution in [0, 0.1) is 0 Å². The molecule has 0 fully saturated rings. The molecular formula is C60H39N3. The second kappa shape index (κ2) is 15.0. The van der Waals surface area contributed by atoms with Crippen molar-refractivity contribution in [2.45, 2.75) is 5.41 Å². The highest BCUT2D eigenvalue weighted by molar-refractivity contribution is 6.18. The monoisotopic (exact) mass is 801 g/mol. The lowest BCUT2D eigenvalue weighted by atomic mass is 9.67. The number of nitrogens with zero attached hydrogens (tertiary/aromatic N) is 3. The number of para-hydroxylation sites is 1. The van der Waals surface area contributed by atoms with E-state index in [-0.39, 0.29) is 0 Å². The molecule has 63 heavy (non-hydrogen) atoms. The molecule has 3 heteroatoms. The number of hydrogen-bond acceptors (Lipinski definition) is 3. The highest BCUT2D eigenvalue weighted by Crippen LogP contribution is 2.59. The third kappa shape index (κ3) is 6.01. The van der Waals surface area contributed by atoms with Gasteiger partial charge >= 0.3 is 0 Å². The van der Waals surface area contributed by atoms with Crippen LogP contribution in [0.3, 0.4) is 0 Å². The Morgan fingerprint density at radius 1 is 0.317 bits per heavy atom. The van der Waals surface area contributed by atoms with Crippen molar-refractivity contribution in [3.05, 3.63) is 259 Å². The average molecular weight is 802 g/mol. The molecule has 0 saturated heterocycles. The van der Waals surface area contributed by atoms with Crippen LogP contribution in [-0.4, -0.2) is 15.0 Å². The summed E-state index contributed by atoms with van der Waals surface area (Å²) >= 11 is 0. The Kier molecular flexibility index (Phi) is 8.72. The number of pyridine rings is 1. The fraction of sp³-hybridized carbons (Fsp3) is 0.0167. The lowest BCUT2D eigenvalue weighted by Crippen LogP contribution is -2.28. The quantitative estimate of drug-likeness (QED) is 0.151. The molecule has 294 valence electrons. The number of aromatic nitrogens is 3. The van der Waals surface area contributed by atoms with E-state index in [0.29, 0.717) is 5.82 Å². The van der Waals surface area contributed by atoms with Crippen molar-refractivity contribution in [1.82, 2.24) is 15.0 Å². The van der Waals surface area contributed by atoms with E-state index >= 15 is 0 Å². The summed E-state index contributed by atoms with van der Waals surface area (Å²) in [6, 6.07) is 84.5. The van der Waals surface area contributed by atoms with E-state index in [2.05, 4.69) is 224 Å². The normalized spacial score (nSPS) is 12.6. The Balaban J connectivity index is 1.09. The largest absolute Gasteiger partial charge is 0.247 e. The van der Waals surface area contributed by atoms with Gasteiger partial charge in [0.1, 0.15) is 0 Å². The molecule has 0 N–H and O–H groups in total. The molecule has 0 spiro atoms. The maximum absolute atomic E-state index is 5.57. The predicted octanol–water partition coefficient (Wildman–Crippen LogP) is 14.9. The molecule has 0 atom stereocenters. The minimum atomic E-state index is -0.533. The van der Waals surface area contributed by atoms with E-state index in [1.165, 1.54) is 49.9 Å². The molecule has 0 radical (unpaired) electrons. The Hall–Kier alpha value is -8.27. The first-order valence-corrected chi connectivity index (χ1v) is 21.5. The Morgan fingerprint density at radius 3 is 1.54 bits per heavy atom. The maximum atomic E-state index is 5.57. The Morgan fingerprint density at radius 2 is 0.841 bits per heavy atom. The standard InChI is InChI=1S/C60H39N3/c1-5-18-40(19-6-1)41-32-34-43(35-33-41)55-39-54(42-20-7-2-8-21-42)62-59(63-55)45-23-17-22-44(38-45)58-57-49(48-28-14-16-31-53(48)61-58)36-37-52-56(57)50-29-13-15-30-51(50)60(52,46-24-9-3-10-25-46)47-26-11-4-12-27-47/h1-39H. The first kappa shape index (κ1) is 36.6. The molecule has 0 amide bonds. The second-order valence-corrected chi connectivity index (χ2v) is 16.3. The van der Waals surface area contributed by atoms with Gasteiger partial charge in [0.25, 0.3) is 0 Å². The molecule has 9 aromatic carbocycles.